The molecule has 1 saturated carbocycles. The number of fused-ring (bicyclic) bond motifs is 1. The number of rotatable bonds is 6. The van der Waals surface area contributed by atoms with E-state index in [0.717, 1.165) is 24.2 Å². The lowest BCUT2D eigenvalue weighted by atomic mass is 9.64. The number of nitrogens with zero attached hydrogens (tertiary/aromatic N) is 5. The molecule has 2 aromatic rings. The molecule has 1 fully saturated rings. The van der Waals surface area contributed by atoms with Crippen LogP contribution >= 0.6 is 0 Å². The van der Waals surface area contributed by atoms with Gasteiger partial charge in [0.15, 0.2) is 5.65 Å². The predicted molar refractivity (Wildman–Crippen MR) is 93.3 cm³/mol. The number of methoxy groups -OCH3 is 1. The van der Waals surface area contributed by atoms with Crippen molar-refractivity contribution in [2.24, 2.45) is 5.41 Å². The van der Waals surface area contributed by atoms with E-state index in [1.807, 2.05) is 14.0 Å². The molecule has 0 aromatic carbocycles. The van der Waals surface area contributed by atoms with Gasteiger partial charge < -0.3 is 14.4 Å². The van der Waals surface area contributed by atoms with Gasteiger partial charge in [-0.3, -0.25) is 4.79 Å². The van der Waals surface area contributed by atoms with Gasteiger partial charge in [0.25, 0.3) is 0 Å². The van der Waals surface area contributed by atoms with Crippen LogP contribution in [0.2, 0.25) is 0 Å². The van der Waals surface area contributed by atoms with Crippen LogP contribution in [0, 0.1) is 5.41 Å². The molecule has 0 radical (unpaired) electrons. The highest BCUT2D eigenvalue weighted by molar-refractivity contribution is 5.87. The van der Waals surface area contributed by atoms with Crippen LogP contribution in [0.4, 0.5) is 5.82 Å². The fourth-order valence-corrected chi connectivity index (χ4v) is 3.62. The summed E-state index contributed by atoms with van der Waals surface area (Å²) in [5.74, 6) is 0.451. The minimum atomic E-state index is -0.363. The monoisotopic (exact) mass is 347 g/mol. The van der Waals surface area contributed by atoms with Crippen molar-refractivity contribution in [2.75, 3.05) is 25.7 Å². The lowest BCUT2D eigenvalue weighted by Crippen LogP contribution is -2.61. The molecule has 0 aliphatic heterocycles. The molecule has 0 bridgehead atoms. The Kier molecular flexibility index (Phi) is 4.64. The lowest BCUT2D eigenvalue weighted by molar-refractivity contribution is -0.141. The predicted octanol–water partition coefficient (Wildman–Crippen LogP) is 1.64. The summed E-state index contributed by atoms with van der Waals surface area (Å²) in [5, 5.41) is 5.10. The molecule has 2 atom stereocenters. The van der Waals surface area contributed by atoms with Crippen LogP contribution in [0.15, 0.2) is 12.5 Å². The highest BCUT2D eigenvalue weighted by atomic mass is 16.5. The first-order chi connectivity index (χ1) is 11.9. The van der Waals surface area contributed by atoms with Crippen molar-refractivity contribution in [1.82, 2.24) is 19.7 Å². The Balaban J connectivity index is 1.88. The zero-order valence-corrected chi connectivity index (χ0v) is 15.4. The summed E-state index contributed by atoms with van der Waals surface area (Å²) in [6.45, 7) is 7.22. The molecule has 1 aliphatic carbocycles. The van der Waals surface area contributed by atoms with Gasteiger partial charge in [0.2, 0.25) is 0 Å². The molecule has 1 aliphatic rings. The normalized spacial score (nSPS) is 21.8. The molecule has 2 heterocycles. The van der Waals surface area contributed by atoms with Crippen molar-refractivity contribution in [3.05, 3.63) is 12.5 Å². The molecule has 0 saturated heterocycles. The van der Waals surface area contributed by atoms with E-state index in [1.165, 1.54) is 18.1 Å². The Morgan fingerprint density at radius 3 is 2.84 bits per heavy atom. The quantitative estimate of drug-likeness (QED) is 0.735. The Bertz CT molecular complexity index is 773. The highest BCUT2D eigenvalue weighted by Gasteiger charge is 2.51. The molecule has 2 unspecified atom stereocenters. The van der Waals surface area contributed by atoms with E-state index in [-0.39, 0.29) is 24.0 Å². The van der Waals surface area contributed by atoms with Crippen molar-refractivity contribution >= 4 is 22.8 Å². The van der Waals surface area contributed by atoms with Crippen LogP contribution in [0.3, 0.4) is 0 Å². The minimum Gasteiger partial charge on any atom is -0.468 e. The summed E-state index contributed by atoms with van der Waals surface area (Å²) in [7, 11) is 3.39. The molecular weight excluding hydrogens is 322 g/mol. The fraction of sp³-hybridized carbons (Fsp3) is 0.647. The molecule has 25 heavy (non-hydrogen) atoms. The summed E-state index contributed by atoms with van der Waals surface area (Å²) in [6, 6.07) is 0.311. The second-order valence-corrected chi connectivity index (χ2v) is 6.94. The SMILES string of the molecule is CCOC1CC(N(C)c2ncnc3c2cnn3CC(=O)OC)C1(C)C. The van der Waals surface area contributed by atoms with E-state index >= 15 is 0 Å². The lowest BCUT2D eigenvalue weighted by Gasteiger charge is -2.55. The van der Waals surface area contributed by atoms with E-state index in [4.69, 9.17) is 9.47 Å². The van der Waals surface area contributed by atoms with Crippen molar-refractivity contribution in [2.45, 2.75) is 45.9 Å². The van der Waals surface area contributed by atoms with E-state index < -0.39 is 0 Å². The van der Waals surface area contributed by atoms with Crippen LogP contribution in [0.1, 0.15) is 27.2 Å². The Hall–Kier alpha value is -2.22. The second kappa shape index (κ2) is 6.59. The van der Waals surface area contributed by atoms with E-state index in [1.54, 1.807) is 6.20 Å². The maximum absolute atomic E-state index is 11.5. The second-order valence-electron chi connectivity index (χ2n) is 6.94. The molecule has 0 N–H and O–H groups in total. The van der Waals surface area contributed by atoms with Gasteiger partial charge in [0.1, 0.15) is 18.7 Å². The zero-order valence-electron chi connectivity index (χ0n) is 15.4. The number of carbonyl (C=O) groups is 1. The number of anilines is 1. The Labute approximate surface area is 147 Å². The van der Waals surface area contributed by atoms with Crippen LogP contribution < -0.4 is 4.90 Å². The van der Waals surface area contributed by atoms with E-state index in [0.29, 0.717) is 11.7 Å². The first-order valence-corrected chi connectivity index (χ1v) is 8.47. The molecule has 8 heteroatoms. The van der Waals surface area contributed by atoms with Gasteiger partial charge in [-0.25, -0.2) is 14.6 Å². The number of hydrogen-bond acceptors (Lipinski definition) is 7. The maximum atomic E-state index is 11.5. The summed E-state index contributed by atoms with van der Waals surface area (Å²) in [6.07, 6.45) is 4.42. The number of carbonyl (C=O) groups excluding carboxylic acids is 1. The average Bonchev–Trinajstić information content (AvgIpc) is 3.00. The molecule has 136 valence electrons. The maximum Gasteiger partial charge on any atom is 0.327 e. The zero-order chi connectivity index (χ0) is 18.2. The van der Waals surface area contributed by atoms with E-state index in [9.17, 15) is 4.79 Å². The number of esters is 1. The number of hydrogen-bond donors (Lipinski definition) is 0. The van der Waals surface area contributed by atoms with Crippen molar-refractivity contribution in [1.29, 1.82) is 0 Å². The van der Waals surface area contributed by atoms with Gasteiger partial charge in [0, 0.05) is 25.1 Å². The average molecular weight is 347 g/mol. The van der Waals surface area contributed by atoms with Gasteiger partial charge in [0.05, 0.1) is 24.8 Å². The summed E-state index contributed by atoms with van der Waals surface area (Å²) in [5.41, 5.74) is 0.657. The van der Waals surface area contributed by atoms with Gasteiger partial charge >= 0.3 is 5.97 Å². The summed E-state index contributed by atoms with van der Waals surface area (Å²) < 4.78 is 12.1. The molecule has 3 rings (SSSR count). The van der Waals surface area contributed by atoms with Gasteiger partial charge in [-0.05, 0) is 13.3 Å². The van der Waals surface area contributed by atoms with Crippen molar-refractivity contribution in [3.63, 3.8) is 0 Å². The molecule has 8 nitrogen and oxygen atoms in total. The first kappa shape index (κ1) is 17.6. The molecular formula is C17H25N5O3. The van der Waals surface area contributed by atoms with Crippen molar-refractivity contribution < 1.29 is 14.3 Å². The molecule has 0 amide bonds. The first-order valence-electron chi connectivity index (χ1n) is 8.47. The largest absolute Gasteiger partial charge is 0.468 e. The Morgan fingerprint density at radius 1 is 1.44 bits per heavy atom. The van der Waals surface area contributed by atoms with Gasteiger partial charge in [-0.1, -0.05) is 13.8 Å². The van der Waals surface area contributed by atoms with Gasteiger partial charge in [-0.15, -0.1) is 0 Å². The molecule has 0 spiro atoms. The highest BCUT2D eigenvalue weighted by Crippen LogP contribution is 2.46. The number of ether oxygens (including phenoxy) is 2. The van der Waals surface area contributed by atoms with Gasteiger partial charge in [-0.2, -0.15) is 5.10 Å². The third kappa shape index (κ3) is 2.95. The van der Waals surface area contributed by atoms with Crippen LogP contribution in [-0.4, -0.2) is 58.6 Å². The summed E-state index contributed by atoms with van der Waals surface area (Å²) >= 11 is 0. The fourth-order valence-electron chi connectivity index (χ4n) is 3.62. The third-order valence-corrected chi connectivity index (χ3v) is 5.21. The standard InChI is InChI=1S/C17H25N5O3/c1-6-25-13-7-12(17(13,2)3)21(4)15-11-8-20-22(9-14(23)24-5)16(11)19-10-18-15/h8,10,12-13H,6-7,9H2,1-5H3. The number of aromatic nitrogens is 4. The third-order valence-electron chi connectivity index (χ3n) is 5.21. The van der Waals surface area contributed by atoms with Crippen LogP contribution in [-0.2, 0) is 20.8 Å². The summed E-state index contributed by atoms with van der Waals surface area (Å²) in [4.78, 5) is 22.5. The van der Waals surface area contributed by atoms with Crippen LogP contribution in [0.5, 0.6) is 0 Å². The Morgan fingerprint density at radius 2 is 2.20 bits per heavy atom. The van der Waals surface area contributed by atoms with Crippen molar-refractivity contribution in [3.8, 4) is 0 Å². The topological polar surface area (TPSA) is 82.4 Å². The van der Waals surface area contributed by atoms with Crippen LogP contribution in [0.25, 0.3) is 11.0 Å². The molecule has 2 aromatic heterocycles. The smallest absolute Gasteiger partial charge is 0.327 e. The van der Waals surface area contributed by atoms with E-state index in [2.05, 4.69) is 33.8 Å². The minimum absolute atomic E-state index is 0.0293.